The molecule has 0 bridgehead atoms. The second kappa shape index (κ2) is 9.68. The van der Waals surface area contributed by atoms with Crippen molar-refractivity contribution >= 4 is 17.3 Å². The summed E-state index contributed by atoms with van der Waals surface area (Å²) in [6.07, 6.45) is 15.6. The number of halogens is 1. The van der Waals surface area contributed by atoms with Gasteiger partial charge in [0.1, 0.15) is 11.1 Å². The molecule has 0 aromatic carbocycles. The fourth-order valence-electron chi connectivity index (χ4n) is 5.41. The molecule has 0 aliphatic heterocycles. The summed E-state index contributed by atoms with van der Waals surface area (Å²) in [4.78, 5) is 4.92. The molecule has 1 N–H and O–H groups in total. The maximum atomic E-state index is 14.4. The normalized spacial score (nSPS) is 20.4. The summed E-state index contributed by atoms with van der Waals surface area (Å²) in [5.41, 5.74) is 4.15. The van der Waals surface area contributed by atoms with E-state index in [4.69, 9.17) is 5.10 Å². The SMILES string of the molecule is Cc1c(-c2cc(Sc3ncccc3F)c3c(C#N)cnn3c2)cnn1C1CCC(NC2CCC2)CC1. The van der Waals surface area contributed by atoms with E-state index in [-0.39, 0.29) is 5.03 Å². The molecule has 0 atom stereocenters. The molecular weight excluding hydrogens is 473 g/mol. The van der Waals surface area contributed by atoms with Crippen LogP contribution in [0.1, 0.15) is 62.2 Å². The number of fused-ring (bicyclic) bond motifs is 1. The van der Waals surface area contributed by atoms with Crippen LogP contribution in [0, 0.1) is 24.1 Å². The van der Waals surface area contributed by atoms with Crippen LogP contribution in [0.5, 0.6) is 0 Å². The molecule has 4 heterocycles. The Bertz CT molecular complexity index is 1440. The van der Waals surface area contributed by atoms with E-state index in [1.165, 1.54) is 49.9 Å². The molecule has 6 rings (SSSR count). The molecule has 0 saturated heterocycles. The van der Waals surface area contributed by atoms with Crippen molar-refractivity contribution in [1.29, 1.82) is 5.26 Å². The smallest absolute Gasteiger partial charge is 0.155 e. The summed E-state index contributed by atoms with van der Waals surface area (Å²) in [6, 6.07) is 8.91. The number of rotatable bonds is 6. The minimum absolute atomic E-state index is 0.265. The van der Waals surface area contributed by atoms with Gasteiger partial charge in [-0.3, -0.25) is 4.68 Å². The van der Waals surface area contributed by atoms with Crippen LogP contribution in [-0.2, 0) is 0 Å². The van der Waals surface area contributed by atoms with E-state index in [9.17, 15) is 9.65 Å². The molecule has 2 aliphatic carbocycles. The Morgan fingerprint density at radius 3 is 2.64 bits per heavy atom. The standard InChI is InChI=1S/C27H28FN7S/c1-17-23(15-32-35(17)22-9-7-21(8-10-22)33-20-4-2-5-20)18-12-25(36-27-24(28)6-3-11-30-27)26-19(13-29)14-31-34(26)16-18/h3,6,11-12,14-16,20-22,33H,2,4-5,7-10H2,1H3. The topological polar surface area (TPSA) is 83.8 Å². The molecular formula is C27H28FN7S. The van der Waals surface area contributed by atoms with Crippen LogP contribution in [0.2, 0.25) is 0 Å². The molecule has 0 amide bonds. The zero-order chi connectivity index (χ0) is 24.6. The summed E-state index contributed by atoms with van der Waals surface area (Å²) < 4.78 is 18.3. The van der Waals surface area contributed by atoms with Crippen LogP contribution in [0.4, 0.5) is 4.39 Å². The maximum absolute atomic E-state index is 14.4. The van der Waals surface area contributed by atoms with Gasteiger partial charge in [-0.25, -0.2) is 13.9 Å². The molecule has 4 aromatic rings. The third kappa shape index (κ3) is 4.29. The van der Waals surface area contributed by atoms with Crippen molar-refractivity contribution in [2.24, 2.45) is 0 Å². The molecule has 0 radical (unpaired) electrons. The third-order valence-electron chi connectivity index (χ3n) is 7.60. The fourth-order valence-corrected chi connectivity index (χ4v) is 6.39. The zero-order valence-corrected chi connectivity index (χ0v) is 21.0. The highest BCUT2D eigenvalue weighted by atomic mass is 32.2. The van der Waals surface area contributed by atoms with Crippen molar-refractivity contribution < 1.29 is 4.39 Å². The molecule has 4 aromatic heterocycles. The van der Waals surface area contributed by atoms with E-state index in [2.05, 4.69) is 33.1 Å². The lowest BCUT2D eigenvalue weighted by Crippen LogP contribution is -2.44. The number of nitriles is 1. The summed E-state index contributed by atoms with van der Waals surface area (Å²) in [7, 11) is 0. The lowest BCUT2D eigenvalue weighted by molar-refractivity contribution is 0.228. The zero-order valence-electron chi connectivity index (χ0n) is 20.2. The largest absolute Gasteiger partial charge is 0.311 e. The van der Waals surface area contributed by atoms with Gasteiger partial charge in [0.2, 0.25) is 0 Å². The summed E-state index contributed by atoms with van der Waals surface area (Å²) in [5.74, 6) is -0.393. The van der Waals surface area contributed by atoms with E-state index in [0.29, 0.717) is 23.2 Å². The van der Waals surface area contributed by atoms with Crippen molar-refractivity contribution in [3.05, 3.63) is 60.1 Å². The highest BCUT2D eigenvalue weighted by Gasteiger charge is 2.28. The predicted molar refractivity (Wildman–Crippen MR) is 136 cm³/mol. The first-order valence-corrected chi connectivity index (χ1v) is 13.4. The van der Waals surface area contributed by atoms with Crippen LogP contribution in [-0.4, -0.2) is 36.5 Å². The molecule has 0 spiro atoms. The molecule has 9 heteroatoms. The van der Waals surface area contributed by atoms with E-state index in [1.807, 2.05) is 18.5 Å². The molecule has 7 nitrogen and oxygen atoms in total. The number of nitrogens with one attached hydrogen (secondary N) is 1. The number of aromatic nitrogens is 5. The van der Waals surface area contributed by atoms with Gasteiger partial charge in [0, 0.05) is 46.2 Å². The number of hydrogen-bond donors (Lipinski definition) is 1. The lowest BCUT2D eigenvalue weighted by atomic mass is 9.87. The minimum Gasteiger partial charge on any atom is -0.311 e. The number of pyridine rings is 2. The average Bonchev–Trinajstić information content (AvgIpc) is 3.46. The van der Waals surface area contributed by atoms with E-state index < -0.39 is 5.82 Å². The van der Waals surface area contributed by atoms with Crippen molar-refractivity contribution in [2.75, 3.05) is 0 Å². The second-order valence-corrected chi connectivity index (χ2v) is 10.9. The monoisotopic (exact) mass is 501 g/mol. The Morgan fingerprint density at radius 2 is 1.92 bits per heavy atom. The van der Waals surface area contributed by atoms with E-state index in [0.717, 1.165) is 40.6 Å². The Hall–Kier alpha value is -3.22. The Morgan fingerprint density at radius 1 is 1.11 bits per heavy atom. The highest BCUT2D eigenvalue weighted by Crippen LogP contribution is 2.38. The third-order valence-corrected chi connectivity index (χ3v) is 8.63. The Balaban J connectivity index is 1.30. The highest BCUT2D eigenvalue weighted by molar-refractivity contribution is 7.99. The number of hydrogen-bond acceptors (Lipinski definition) is 6. The molecule has 2 aliphatic rings. The van der Waals surface area contributed by atoms with Gasteiger partial charge in [0.15, 0.2) is 5.82 Å². The van der Waals surface area contributed by atoms with Crippen molar-refractivity contribution in [1.82, 2.24) is 29.7 Å². The van der Waals surface area contributed by atoms with E-state index in [1.54, 1.807) is 23.0 Å². The van der Waals surface area contributed by atoms with Gasteiger partial charge < -0.3 is 5.32 Å². The first-order chi connectivity index (χ1) is 17.6. The first kappa shape index (κ1) is 23.2. The Labute approximate surface area is 213 Å². The van der Waals surface area contributed by atoms with Gasteiger partial charge >= 0.3 is 0 Å². The van der Waals surface area contributed by atoms with Crippen molar-refractivity contribution in [3.63, 3.8) is 0 Å². The molecule has 184 valence electrons. The van der Waals surface area contributed by atoms with Crippen LogP contribution in [0.15, 0.2) is 52.9 Å². The van der Waals surface area contributed by atoms with Crippen molar-refractivity contribution in [2.45, 2.75) is 79.9 Å². The van der Waals surface area contributed by atoms with Gasteiger partial charge in [0.25, 0.3) is 0 Å². The van der Waals surface area contributed by atoms with Crippen LogP contribution in [0.3, 0.4) is 0 Å². The minimum atomic E-state index is -0.393. The van der Waals surface area contributed by atoms with Gasteiger partial charge in [0.05, 0.1) is 29.5 Å². The number of nitrogens with zero attached hydrogens (tertiary/aromatic N) is 6. The van der Waals surface area contributed by atoms with Crippen LogP contribution >= 0.6 is 11.8 Å². The lowest BCUT2D eigenvalue weighted by Gasteiger charge is -2.35. The van der Waals surface area contributed by atoms with Gasteiger partial charge in [-0.2, -0.15) is 15.5 Å². The second-order valence-electron chi connectivity index (χ2n) is 9.84. The van der Waals surface area contributed by atoms with Crippen LogP contribution < -0.4 is 5.32 Å². The van der Waals surface area contributed by atoms with Crippen LogP contribution in [0.25, 0.3) is 16.6 Å². The van der Waals surface area contributed by atoms with Gasteiger partial charge in [-0.1, -0.05) is 18.2 Å². The first-order valence-electron chi connectivity index (χ1n) is 12.6. The summed E-state index contributed by atoms with van der Waals surface area (Å²) in [6.45, 7) is 2.11. The summed E-state index contributed by atoms with van der Waals surface area (Å²) in [5, 5.41) is 22.9. The molecule has 0 unspecified atom stereocenters. The quantitative estimate of drug-likeness (QED) is 0.365. The van der Waals surface area contributed by atoms with Crippen molar-refractivity contribution in [3.8, 4) is 17.2 Å². The predicted octanol–water partition coefficient (Wildman–Crippen LogP) is 5.69. The fraction of sp³-hybridized carbons (Fsp3) is 0.407. The van der Waals surface area contributed by atoms with Gasteiger partial charge in [-0.15, -0.1) is 0 Å². The maximum Gasteiger partial charge on any atom is 0.155 e. The van der Waals surface area contributed by atoms with E-state index >= 15 is 0 Å². The molecule has 2 saturated carbocycles. The average molecular weight is 502 g/mol. The summed E-state index contributed by atoms with van der Waals surface area (Å²) >= 11 is 1.21. The molecule has 36 heavy (non-hydrogen) atoms. The Kier molecular flexibility index (Phi) is 6.23. The van der Waals surface area contributed by atoms with Gasteiger partial charge in [-0.05, 0) is 63.6 Å². The molecule has 2 fully saturated rings.